The van der Waals surface area contributed by atoms with Crippen LogP contribution in [0.4, 0.5) is 13.2 Å². The number of carbonyl (C=O) groups excluding carboxylic acids is 3. The van der Waals surface area contributed by atoms with E-state index in [0.717, 1.165) is 6.08 Å². The van der Waals surface area contributed by atoms with Crippen molar-refractivity contribution in [1.82, 2.24) is 10.2 Å². The Balaban J connectivity index is 2.17. The molecule has 0 aromatic heterocycles. The highest BCUT2D eigenvalue weighted by atomic mass is 19.4. The molecular formula is C23H27F3N2O8. The Morgan fingerprint density at radius 1 is 1.22 bits per heavy atom. The highest BCUT2D eigenvalue weighted by Gasteiger charge is 2.53. The van der Waals surface area contributed by atoms with Gasteiger partial charge in [0, 0.05) is 24.1 Å². The lowest BCUT2D eigenvalue weighted by molar-refractivity contribution is -0.172. The first-order valence-electron chi connectivity index (χ1n) is 11.1. The molecule has 10 nitrogen and oxygen atoms in total. The normalized spacial score (nSPS) is 22.6. The van der Waals surface area contributed by atoms with Crippen LogP contribution in [0.3, 0.4) is 0 Å². The molecule has 0 fully saturated rings. The molecule has 0 radical (unpaired) electrons. The lowest BCUT2D eigenvalue weighted by Gasteiger charge is -2.40. The summed E-state index contributed by atoms with van der Waals surface area (Å²) >= 11 is 0. The molecule has 0 saturated heterocycles. The number of methoxy groups -OCH3 is 1. The Hall–Kier alpha value is -3.16. The summed E-state index contributed by atoms with van der Waals surface area (Å²) in [6, 6.07) is 1.25. The van der Waals surface area contributed by atoms with Crippen LogP contribution in [0.5, 0.6) is 11.5 Å². The van der Waals surface area contributed by atoms with Crippen molar-refractivity contribution in [3.63, 3.8) is 0 Å². The van der Waals surface area contributed by atoms with Gasteiger partial charge in [0.1, 0.15) is 18.8 Å². The van der Waals surface area contributed by atoms with E-state index in [1.54, 1.807) is 0 Å². The van der Waals surface area contributed by atoms with E-state index < -0.39 is 67.7 Å². The van der Waals surface area contributed by atoms with E-state index in [0.29, 0.717) is 11.1 Å². The van der Waals surface area contributed by atoms with Gasteiger partial charge in [0.05, 0.1) is 32.3 Å². The summed E-state index contributed by atoms with van der Waals surface area (Å²) in [7, 11) is 1.33. The van der Waals surface area contributed by atoms with Crippen LogP contribution < -0.4 is 14.8 Å². The van der Waals surface area contributed by atoms with E-state index in [4.69, 9.17) is 14.6 Å². The van der Waals surface area contributed by atoms with E-state index in [1.807, 2.05) is 0 Å². The first-order chi connectivity index (χ1) is 17.0. The molecule has 1 aliphatic heterocycles. The fraction of sp³-hybridized carbons (Fsp3) is 0.522. The third-order valence-corrected chi connectivity index (χ3v) is 6.02. The highest BCUT2D eigenvalue weighted by molar-refractivity contribution is 6.36. The zero-order valence-corrected chi connectivity index (χ0v) is 19.5. The standard InChI is InChI=1S/C23H27F3N2O8/c1-3-15(31)22(34)28(10-23(24,25)26)14-8-13(21(33)27-4-5-29)17-12-6-11(9-30)7-16(35-2)19(12)36-20(17)18(14)32/h6-8,14,17-18,20,29-30,32H,3-5,9-10H2,1-2H3,(H,27,33)/t14-,17+,18+,20+/m1/s1. The number of ketones is 1. The lowest BCUT2D eigenvalue weighted by atomic mass is 9.77. The molecule has 1 aliphatic carbocycles. The first kappa shape index (κ1) is 27.4. The minimum absolute atomic E-state index is 0.114. The minimum atomic E-state index is -4.91. The SMILES string of the molecule is CCC(=O)C(=O)N(CC(F)(F)F)[C@@H]1C=C(C(=O)NCCO)[C@@H]2c3cc(CO)cc(OC)c3O[C@@H]2[C@H]1O. The summed E-state index contributed by atoms with van der Waals surface area (Å²) in [4.78, 5) is 37.9. The second-order valence-corrected chi connectivity index (χ2v) is 8.34. The van der Waals surface area contributed by atoms with Crippen molar-refractivity contribution in [1.29, 1.82) is 0 Å². The van der Waals surface area contributed by atoms with E-state index >= 15 is 0 Å². The Kier molecular flexibility index (Phi) is 8.26. The molecule has 2 amide bonds. The quantitative estimate of drug-likeness (QED) is 0.340. The number of fused-ring (bicyclic) bond motifs is 3. The average molecular weight is 516 g/mol. The molecular weight excluding hydrogens is 489 g/mol. The van der Waals surface area contributed by atoms with Crippen LogP contribution >= 0.6 is 0 Å². The Labute approximate surface area is 204 Å². The Morgan fingerprint density at radius 3 is 2.47 bits per heavy atom. The maximum Gasteiger partial charge on any atom is 0.406 e. The van der Waals surface area contributed by atoms with E-state index in [2.05, 4.69) is 5.32 Å². The molecule has 0 saturated carbocycles. The number of aliphatic hydroxyl groups excluding tert-OH is 3. The predicted molar refractivity (Wildman–Crippen MR) is 117 cm³/mol. The number of rotatable bonds is 9. The van der Waals surface area contributed by atoms with Gasteiger partial charge in [-0.3, -0.25) is 14.4 Å². The Bertz CT molecular complexity index is 1060. The molecule has 0 unspecified atom stereocenters. The van der Waals surface area contributed by atoms with Crippen molar-refractivity contribution in [2.24, 2.45) is 0 Å². The molecule has 1 aromatic carbocycles. The van der Waals surface area contributed by atoms with Crippen molar-refractivity contribution >= 4 is 17.6 Å². The number of hydrogen-bond acceptors (Lipinski definition) is 8. The van der Waals surface area contributed by atoms with Crippen molar-refractivity contribution in [3.8, 4) is 11.5 Å². The number of aliphatic hydroxyl groups is 3. The van der Waals surface area contributed by atoms with Gasteiger partial charge in [-0.25, -0.2) is 0 Å². The molecule has 3 rings (SSSR count). The van der Waals surface area contributed by atoms with Crippen LogP contribution in [0.2, 0.25) is 0 Å². The minimum Gasteiger partial charge on any atom is -0.493 e. The molecule has 13 heteroatoms. The monoisotopic (exact) mass is 516 g/mol. The van der Waals surface area contributed by atoms with Gasteiger partial charge in [0.2, 0.25) is 11.7 Å². The average Bonchev–Trinajstić information content (AvgIpc) is 3.24. The summed E-state index contributed by atoms with van der Waals surface area (Å²) < 4.78 is 51.4. The third kappa shape index (κ3) is 5.32. The summed E-state index contributed by atoms with van der Waals surface area (Å²) in [5, 5.41) is 32.3. The fourth-order valence-corrected chi connectivity index (χ4v) is 4.44. The zero-order valence-electron chi connectivity index (χ0n) is 19.5. The number of amides is 2. The van der Waals surface area contributed by atoms with Gasteiger partial charge in [-0.2, -0.15) is 13.2 Å². The van der Waals surface area contributed by atoms with Crippen molar-refractivity contribution in [3.05, 3.63) is 34.9 Å². The number of alkyl halides is 3. The van der Waals surface area contributed by atoms with Crippen LogP contribution in [0, 0.1) is 0 Å². The number of hydrogen-bond donors (Lipinski definition) is 4. The zero-order chi connectivity index (χ0) is 26.8. The summed E-state index contributed by atoms with van der Waals surface area (Å²) in [5.41, 5.74) is 0.595. The summed E-state index contributed by atoms with van der Waals surface area (Å²) in [6.45, 7) is -1.52. The summed E-state index contributed by atoms with van der Waals surface area (Å²) in [5.74, 6) is -4.06. The second kappa shape index (κ2) is 10.8. The van der Waals surface area contributed by atoms with E-state index in [9.17, 15) is 37.8 Å². The van der Waals surface area contributed by atoms with E-state index in [1.165, 1.54) is 26.2 Å². The molecule has 36 heavy (non-hydrogen) atoms. The van der Waals surface area contributed by atoms with Crippen molar-refractivity contribution in [2.75, 3.05) is 26.8 Å². The smallest absolute Gasteiger partial charge is 0.406 e. The summed E-state index contributed by atoms with van der Waals surface area (Å²) in [6.07, 6.45) is -7.35. The topological polar surface area (TPSA) is 146 Å². The second-order valence-electron chi connectivity index (χ2n) is 8.34. The molecule has 4 atom stereocenters. The Morgan fingerprint density at radius 2 is 1.92 bits per heavy atom. The number of Topliss-reactive ketones (excluding diaryl/α,β-unsaturated/α-hetero) is 1. The van der Waals surface area contributed by atoms with Crippen LogP contribution in [0.25, 0.3) is 0 Å². The third-order valence-electron chi connectivity index (χ3n) is 6.02. The first-order valence-corrected chi connectivity index (χ1v) is 11.1. The van der Waals surface area contributed by atoms with Gasteiger partial charge in [-0.15, -0.1) is 0 Å². The van der Waals surface area contributed by atoms with Gasteiger partial charge in [0.25, 0.3) is 5.91 Å². The number of carbonyl (C=O) groups is 3. The molecule has 4 N–H and O–H groups in total. The van der Waals surface area contributed by atoms with Gasteiger partial charge in [-0.05, 0) is 23.8 Å². The molecule has 2 aliphatic rings. The van der Waals surface area contributed by atoms with Crippen molar-refractivity contribution in [2.45, 2.75) is 50.3 Å². The number of nitrogens with zero attached hydrogens (tertiary/aromatic N) is 1. The molecule has 0 spiro atoms. The molecule has 1 aromatic rings. The number of nitrogens with one attached hydrogen (secondary N) is 1. The number of ether oxygens (including phenoxy) is 2. The van der Waals surface area contributed by atoms with Gasteiger partial charge >= 0.3 is 6.18 Å². The maximum absolute atomic E-state index is 13.4. The predicted octanol–water partition coefficient (Wildman–Crippen LogP) is 0.180. The van der Waals surface area contributed by atoms with Crippen LogP contribution in [-0.2, 0) is 21.0 Å². The fourth-order valence-electron chi connectivity index (χ4n) is 4.44. The highest BCUT2D eigenvalue weighted by Crippen LogP contribution is 2.51. The van der Waals surface area contributed by atoms with Crippen LogP contribution in [0.15, 0.2) is 23.8 Å². The van der Waals surface area contributed by atoms with Crippen LogP contribution in [-0.4, -0.2) is 89.0 Å². The van der Waals surface area contributed by atoms with Gasteiger partial charge in [0.15, 0.2) is 11.5 Å². The van der Waals surface area contributed by atoms with Crippen LogP contribution in [0.1, 0.15) is 30.4 Å². The van der Waals surface area contributed by atoms with Crippen molar-refractivity contribution < 1.29 is 52.3 Å². The van der Waals surface area contributed by atoms with Gasteiger partial charge < -0.3 is 35.0 Å². The lowest BCUT2D eigenvalue weighted by Crippen LogP contribution is -2.58. The number of benzene rings is 1. The van der Waals surface area contributed by atoms with Gasteiger partial charge in [-0.1, -0.05) is 6.92 Å². The number of halogens is 3. The molecule has 0 bridgehead atoms. The maximum atomic E-state index is 13.4. The molecule has 1 heterocycles. The molecule has 198 valence electrons. The largest absolute Gasteiger partial charge is 0.493 e. The van der Waals surface area contributed by atoms with E-state index in [-0.39, 0.29) is 34.9 Å².